The Morgan fingerprint density at radius 2 is 2.00 bits per heavy atom. The molecule has 0 bridgehead atoms. The molecule has 0 aliphatic carbocycles. The van der Waals surface area contributed by atoms with Crippen LogP contribution in [-0.2, 0) is 16.1 Å². The van der Waals surface area contributed by atoms with Crippen LogP contribution < -0.4 is 11.0 Å². The fraction of sp³-hybridized carbons (Fsp3) is 0.211. The third kappa shape index (κ3) is 3.99. The van der Waals surface area contributed by atoms with Gasteiger partial charge in [0.25, 0.3) is 11.5 Å². The number of rotatable bonds is 5. The minimum atomic E-state index is -0.449. The second kappa shape index (κ2) is 8.13. The van der Waals surface area contributed by atoms with Gasteiger partial charge in [0.05, 0.1) is 30.6 Å². The number of aromatic nitrogens is 2. The second-order valence-corrected chi connectivity index (χ2v) is 7.25. The molecule has 3 aromatic rings. The lowest BCUT2D eigenvalue weighted by Gasteiger charge is -2.04. The molecule has 0 fully saturated rings. The zero-order valence-electron chi connectivity index (χ0n) is 15.6. The smallest absolute Gasteiger partial charge is 0.337 e. The van der Waals surface area contributed by atoms with Crippen LogP contribution in [-0.4, -0.2) is 34.8 Å². The van der Waals surface area contributed by atoms with Gasteiger partial charge in [0, 0.05) is 4.88 Å². The fourth-order valence-electron chi connectivity index (χ4n) is 2.57. The monoisotopic (exact) mass is 398 g/mol. The Bertz CT molecular complexity index is 1130. The second-order valence-electron chi connectivity index (χ2n) is 6.05. The molecule has 28 heavy (non-hydrogen) atoms. The maximum atomic E-state index is 12.6. The highest BCUT2D eigenvalue weighted by molar-refractivity contribution is 7.18. The van der Waals surface area contributed by atoms with Crippen LogP contribution in [0.1, 0.15) is 26.4 Å². The van der Waals surface area contributed by atoms with Crippen molar-refractivity contribution in [3.63, 3.8) is 0 Å². The van der Waals surface area contributed by atoms with Gasteiger partial charge in [-0.3, -0.25) is 14.2 Å². The molecular formula is C19H18N4O4S. The van der Waals surface area contributed by atoms with Crippen LogP contribution in [0.5, 0.6) is 0 Å². The lowest BCUT2D eigenvalue weighted by Crippen LogP contribution is -2.30. The molecule has 8 nitrogen and oxygen atoms in total. The number of benzene rings is 1. The molecule has 2 heterocycles. The Kier molecular flexibility index (Phi) is 5.65. The molecule has 3 rings (SSSR count). The molecule has 2 aromatic heterocycles. The van der Waals surface area contributed by atoms with E-state index in [0.717, 1.165) is 10.4 Å². The summed E-state index contributed by atoms with van der Waals surface area (Å²) in [6.45, 7) is 3.62. The maximum Gasteiger partial charge on any atom is 0.337 e. The molecule has 0 radical (unpaired) electrons. The Balaban J connectivity index is 1.66. The van der Waals surface area contributed by atoms with Gasteiger partial charge in [-0.15, -0.1) is 11.3 Å². The third-order valence-electron chi connectivity index (χ3n) is 4.20. The van der Waals surface area contributed by atoms with E-state index in [0.29, 0.717) is 21.3 Å². The molecule has 1 N–H and O–H groups in total. The van der Waals surface area contributed by atoms with E-state index >= 15 is 0 Å². The predicted molar refractivity (Wildman–Crippen MR) is 107 cm³/mol. The Labute approximate surface area is 164 Å². The Hall–Kier alpha value is -3.33. The minimum Gasteiger partial charge on any atom is -0.465 e. The summed E-state index contributed by atoms with van der Waals surface area (Å²) in [5.74, 6) is -0.876. The highest BCUT2D eigenvalue weighted by atomic mass is 32.1. The van der Waals surface area contributed by atoms with E-state index in [4.69, 9.17) is 0 Å². The van der Waals surface area contributed by atoms with E-state index < -0.39 is 11.9 Å². The number of carbonyl (C=O) groups excluding carboxylic acids is 2. The summed E-state index contributed by atoms with van der Waals surface area (Å²) in [7, 11) is 1.31. The molecule has 0 aliphatic rings. The van der Waals surface area contributed by atoms with Gasteiger partial charge in [0.1, 0.15) is 11.4 Å². The lowest BCUT2D eigenvalue weighted by molar-refractivity contribution is -0.121. The first-order chi connectivity index (χ1) is 13.4. The van der Waals surface area contributed by atoms with E-state index in [1.54, 1.807) is 24.3 Å². The van der Waals surface area contributed by atoms with Crippen molar-refractivity contribution in [1.82, 2.24) is 15.0 Å². The van der Waals surface area contributed by atoms with Crippen LogP contribution in [0.3, 0.4) is 0 Å². The van der Waals surface area contributed by atoms with E-state index in [1.807, 2.05) is 13.8 Å². The first-order valence-electron chi connectivity index (χ1n) is 8.36. The molecule has 1 aromatic carbocycles. The summed E-state index contributed by atoms with van der Waals surface area (Å²) < 4.78 is 5.89. The summed E-state index contributed by atoms with van der Waals surface area (Å²) in [6, 6.07) is 6.54. The van der Waals surface area contributed by atoms with Gasteiger partial charge < -0.3 is 4.74 Å². The van der Waals surface area contributed by atoms with Crippen LogP contribution in [0.2, 0.25) is 0 Å². The summed E-state index contributed by atoms with van der Waals surface area (Å²) in [5.41, 5.74) is 4.13. The van der Waals surface area contributed by atoms with Gasteiger partial charge in [0.2, 0.25) is 0 Å². The number of hydrogen-bond donors (Lipinski definition) is 1. The summed E-state index contributed by atoms with van der Waals surface area (Å²) in [4.78, 5) is 42.0. The van der Waals surface area contributed by atoms with Gasteiger partial charge in [-0.1, -0.05) is 12.1 Å². The van der Waals surface area contributed by atoms with Gasteiger partial charge in [-0.2, -0.15) is 5.10 Å². The number of thiophene rings is 1. The van der Waals surface area contributed by atoms with Crippen molar-refractivity contribution in [1.29, 1.82) is 0 Å². The molecule has 0 atom stereocenters. The maximum absolute atomic E-state index is 12.6. The quantitative estimate of drug-likeness (QED) is 0.402. The highest BCUT2D eigenvalue weighted by Gasteiger charge is 2.13. The molecule has 9 heteroatoms. The topological polar surface area (TPSA) is 103 Å². The van der Waals surface area contributed by atoms with Gasteiger partial charge in [-0.05, 0) is 37.1 Å². The number of nitrogens with one attached hydrogen (secondary N) is 1. The van der Waals surface area contributed by atoms with Crippen LogP contribution in [0.25, 0.3) is 10.2 Å². The largest absolute Gasteiger partial charge is 0.465 e. The molecular weight excluding hydrogens is 380 g/mol. The standard InChI is InChI=1S/C19H18N4O4S/c1-11-12(2)28-17-16(11)18(25)23(10-20-17)9-15(24)22-21-8-13-4-6-14(7-5-13)19(26)27-3/h4-8,10H,9H2,1-3H3,(H,22,24)/b21-8+. The summed E-state index contributed by atoms with van der Waals surface area (Å²) >= 11 is 1.46. The van der Waals surface area contributed by atoms with Gasteiger partial charge in [0.15, 0.2) is 0 Å². The van der Waals surface area contributed by atoms with E-state index in [-0.39, 0.29) is 12.1 Å². The van der Waals surface area contributed by atoms with Crippen molar-refractivity contribution in [2.45, 2.75) is 20.4 Å². The molecule has 0 aliphatic heterocycles. The number of fused-ring (bicyclic) bond motifs is 1. The van der Waals surface area contributed by atoms with Crippen molar-refractivity contribution >= 4 is 39.6 Å². The third-order valence-corrected chi connectivity index (χ3v) is 5.32. The Morgan fingerprint density at radius 1 is 1.29 bits per heavy atom. The lowest BCUT2D eigenvalue weighted by atomic mass is 10.1. The van der Waals surface area contributed by atoms with Gasteiger partial charge >= 0.3 is 5.97 Å². The average Bonchev–Trinajstić information content (AvgIpc) is 2.98. The van der Waals surface area contributed by atoms with Crippen molar-refractivity contribution in [2.24, 2.45) is 5.10 Å². The SMILES string of the molecule is COC(=O)c1ccc(/C=N/NC(=O)Cn2cnc3sc(C)c(C)c3c2=O)cc1. The zero-order chi connectivity index (χ0) is 20.3. The predicted octanol–water partition coefficient (Wildman–Crippen LogP) is 2.01. The highest BCUT2D eigenvalue weighted by Crippen LogP contribution is 2.25. The van der Waals surface area contributed by atoms with Crippen LogP contribution in [0, 0.1) is 13.8 Å². The van der Waals surface area contributed by atoms with E-state index in [9.17, 15) is 14.4 Å². The molecule has 1 amide bonds. The van der Waals surface area contributed by atoms with Crippen LogP contribution in [0.4, 0.5) is 0 Å². The first kappa shape index (κ1) is 19.4. The normalized spacial score (nSPS) is 11.1. The number of hydrazone groups is 1. The number of carbonyl (C=O) groups is 2. The molecule has 0 unspecified atom stereocenters. The summed E-state index contributed by atoms with van der Waals surface area (Å²) in [6.07, 6.45) is 2.81. The van der Waals surface area contributed by atoms with E-state index in [1.165, 1.54) is 35.6 Å². The van der Waals surface area contributed by atoms with Crippen molar-refractivity contribution in [3.8, 4) is 0 Å². The minimum absolute atomic E-state index is 0.186. The van der Waals surface area contributed by atoms with Crippen LogP contribution in [0.15, 0.2) is 40.5 Å². The molecule has 0 saturated carbocycles. The number of nitrogens with zero attached hydrogens (tertiary/aromatic N) is 3. The van der Waals surface area contributed by atoms with Crippen LogP contribution >= 0.6 is 11.3 Å². The van der Waals surface area contributed by atoms with Crippen molar-refractivity contribution in [3.05, 3.63) is 62.5 Å². The number of methoxy groups -OCH3 is 1. The number of hydrogen-bond acceptors (Lipinski definition) is 7. The molecule has 0 spiro atoms. The molecule has 0 saturated heterocycles. The van der Waals surface area contributed by atoms with Gasteiger partial charge in [-0.25, -0.2) is 15.2 Å². The number of esters is 1. The zero-order valence-corrected chi connectivity index (χ0v) is 16.4. The van der Waals surface area contributed by atoms with Crippen molar-refractivity contribution in [2.75, 3.05) is 7.11 Å². The number of aryl methyl sites for hydroxylation is 2. The first-order valence-corrected chi connectivity index (χ1v) is 9.17. The van der Waals surface area contributed by atoms with Crippen molar-refractivity contribution < 1.29 is 14.3 Å². The number of ether oxygens (including phenoxy) is 1. The fourth-order valence-corrected chi connectivity index (χ4v) is 3.56. The number of amides is 1. The average molecular weight is 398 g/mol. The van der Waals surface area contributed by atoms with E-state index in [2.05, 4.69) is 20.2 Å². The summed E-state index contributed by atoms with van der Waals surface area (Å²) in [5, 5.41) is 4.42. The molecule has 144 valence electrons. The Morgan fingerprint density at radius 3 is 2.68 bits per heavy atom.